The van der Waals surface area contributed by atoms with Gasteiger partial charge in [-0.15, -0.1) is 0 Å². The van der Waals surface area contributed by atoms with Gasteiger partial charge in [-0.25, -0.2) is 18.3 Å². The molecule has 0 fully saturated rings. The Kier molecular flexibility index (Phi) is 3.66. The maximum atomic E-state index is 13.7. The van der Waals surface area contributed by atoms with Gasteiger partial charge in [-0.3, -0.25) is 0 Å². The number of ether oxygens (including phenoxy) is 1. The molecule has 0 N–H and O–H groups in total. The Balaban J connectivity index is 2.60. The summed E-state index contributed by atoms with van der Waals surface area (Å²) < 4.78 is 32.8. The predicted octanol–water partition coefficient (Wildman–Crippen LogP) is 3.01. The fourth-order valence-electron chi connectivity index (χ4n) is 1.60. The minimum Gasteiger partial charge on any atom is -0.464 e. The summed E-state index contributed by atoms with van der Waals surface area (Å²) in [5.41, 5.74) is 0.587. The standard InChI is InChI=1S/C12H9BrF2N2O2/c1-6-10(13)11(12(18)19-2)16-17(6)9-4-3-7(14)5-8(9)15/h3-5H,1-2H3. The maximum Gasteiger partial charge on any atom is 0.359 e. The molecule has 19 heavy (non-hydrogen) atoms. The van der Waals surface area contributed by atoms with E-state index in [4.69, 9.17) is 0 Å². The first-order valence-electron chi connectivity index (χ1n) is 5.24. The molecule has 0 saturated carbocycles. The van der Waals surface area contributed by atoms with E-state index in [-0.39, 0.29) is 11.4 Å². The second-order valence-electron chi connectivity index (χ2n) is 3.75. The van der Waals surface area contributed by atoms with Crippen molar-refractivity contribution in [3.8, 4) is 5.69 Å². The summed E-state index contributed by atoms with van der Waals surface area (Å²) >= 11 is 3.20. The molecule has 2 rings (SSSR count). The topological polar surface area (TPSA) is 44.1 Å². The molecule has 0 radical (unpaired) electrons. The van der Waals surface area contributed by atoms with Gasteiger partial charge >= 0.3 is 5.97 Å². The van der Waals surface area contributed by atoms with Crippen molar-refractivity contribution in [3.63, 3.8) is 0 Å². The molecule has 0 amide bonds. The van der Waals surface area contributed by atoms with E-state index >= 15 is 0 Å². The molecule has 0 aliphatic heterocycles. The van der Waals surface area contributed by atoms with E-state index in [1.165, 1.54) is 17.9 Å². The van der Waals surface area contributed by atoms with Crippen molar-refractivity contribution in [1.29, 1.82) is 0 Å². The van der Waals surface area contributed by atoms with E-state index in [1.807, 2.05) is 0 Å². The Bertz CT molecular complexity index is 655. The van der Waals surface area contributed by atoms with Crippen LogP contribution in [-0.4, -0.2) is 22.9 Å². The van der Waals surface area contributed by atoms with Crippen molar-refractivity contribution in [3.05, 3.63) is 45.7 Å². The van der Waals surface area contributed by atoms with Gasteiger partial charge in [0.15, 0.2) is 11.5 Å². The zero-order valence-electron chi connectivity index (χ0n) is 10.1. The molecule has 1 aromatic heterocycles. The van der Waals surface area contributed by atoms with Crippen molar-refractivity contribution in [1.82, 2.24) is 9.78 Å². The number of halogens is 3. The van der Waals surface area contributed by atoms with Gasteiger partial charge in [-0.2, -0.15) is 5.10 Å². The SMILES string of the molecule is COC(=O)c1nn(-c2ccc(F)cc2F)c(C)c1Br. The average Bonchev–Trinajstić information content (AvgIpc) is 2.66. The van der Waals surface area contributed by atoms with E-state index in [0.717, 1.165) is 12.1 Å². The molecule has 0 spiro atoms. The average molecular weight is 331 g/mol. The molecule has 4 nitrogen and oxygen atoms in total. The van der Waals surface area contributed by atoms with E-state index in [1.54, 1.807) is 6.92 Å². The molecular formula is C12H9BrF2N2O2. The Hall–Kier alpha value is -1.76. The van der Waals surface area contributed by atoms with E-state index in [9.17, 15) is 13.6 Å². The van der Waals surface area contributed by atoms with Gasteiger partial charge in [-0.05, 0) is 35.0 Å². The first kappa shape index (κ1) is 13.7. The number of methoxy groups -OCH3 is 1. The molecule has 0 bridgehead atoms. The van der Waals surface area contributed by atoms with Crippen molar-refractivity contribution in [2.75, 3.05) is 7.11 Å². The zero-order valence-corrected chi connectivity index (χ0v) is 11.7. The van der Waals surface area contributed by atoms with Crippen LogP contribution < -0.4 is 0 Å². The molecule has 1 heterocycles. The highest BCUT2D eigenvalue weighted by molar-refractivity contribution is 9.10. The predicted molar refractivity (Wildman–Crippen MR) is 67.3 cm³/mol. The van der Waals surface area contributed by atoms with Crippen LogP contribution in [0.4, 0.5) is 8.78 Å². The Morgan fingerprint density at radius 3 is 2.68 bits per heavy atom. The number of rotatable bonds is 2. The van der Waals surface area contributed by atoms with Crippen LogP contribution >= 0.6 is 15.9 Å². The van der Waals surface area contributed by atoms with E-state index < -0.39 is 17.6 Å². The van der Waals surface area contributed by atoms with Crippen LogP contribution in [0.2, 0.25) is 0 Å². The number of benzene rings is 1. The first-order chi connectivity index (χ1) is 8.95. The lowest BCUT2D eigenvalue weighted by atomic mass is 10.3. The number of hydrogen-bond acceptors (Lipinski definition) is 3. The number of nitrogens with zero attached hydrogens (tertiary/aromatic N) is 2. The summed E-state index contributed by atoms with van der Waals surface area (Å²) in [5, 5.41) is 3.97. The number of hydrogen-bond donors (Lipinski definition) is 0. The van der Waals surface area contributed by atoms with Gasteiger partial charge in [0.25, 0.3) is 0 Å². The van der Waals surface area contributed by atoms with Gasteiger partial charge < -0.3 is 4.74 Å². The van der Waals surface area contributed by atoms with Gasteiger partial charge in [0.05, 0.1) is 17.3 Å². The third-order valence-electron chi connectivity index (χ3n) is 2.56. The van der Waals surface area contributed by atoms with Crippen LogP contribution in [0.3, 0.4) is 0 Å². The Morgan fingerprint density at radius 1 is 1.42 bits per heavy atom. The highest BCUT2D eigenvalue weighted by Crippen LogP contribution is 2.25. The second-order valence-corrected chi connectivity index (χ2v) is 4.54. The van der Waals surface area contributed by atoms with E-state index in [0.29, 0.717) is 10.2 Å². The van der Waals surface area contributed by atoms with Crippen LogP contribution in [0.5, 0.6) is 0 Å². The number of carbonyl (C=O) groups excluding carboxylic acids is 1. The summed E-state index contributed by atoms with van der Waals surface area (Å²) in [4.78, 5) is 11.5. The monoisotopic (exact) mass is 330 g/mol. The third-order valence-corrected chi connectivity index (χ3v) is 3.51. The summed E-state index contributed by atoms with van der Waals surface area (Å²) in [6.07, 6.45) is 0. The minimum atomic E-state index is -0.769. The summed E-state index contributed by atoms with van der Waals surface area (Å²) in [6.45, 7) is 1.65. The fraction of sp³-hybridized carbons (Fsp3) is 0.167. The molecule has 0 unspecified atom stereocenters. The number of carbonyl (C=O) groups is 1. The molecule has 100 valence electrons. The lowest BCUT2D eigenvalue weighted by Crippen LogP contribution is -2.06. The van der Waals surface area contributed by atoms with Crippen molar-refractivity contribution in [2.45, 2.75) is 6.92 Å². The van der Waals surface area contributed by atoms with Crippen molar-refractivity contribution in [2.24, 2.45) is 0 Å². The van der Waals surface area contributed by atoms with Crippen LogP contribution in [0.25, 0.3) is 5.69 Å². The summed E-state index contributed by atoms with van der Waals surface area (Å²) in [7, 11) is 1.22. The molecule has 2 aromatic rings. The number of esters is 1. The largest absolute Gasteiger partial charge is 0.464 e. The normalized spacial score (nSPS) is 10.6. The van der Waals surface area contributed by atoms with Gasteiger partial charge in [0.2, 0.25) is 0 Å². The lowest BCUT2D eigenvalue weighted by molar-refractivity contribution is 0.0592. The molecule has 0 saturated heterocycles. The quantitative estimate of drug-likeness (QED) is 0.795. The Morgan fingerprint density at radius 2 is 2.11 bits per heavy atom. The van der Waals surface area contributed by atoms with Crippen LogP contribution in [-0.2, 0) is 4.74 Å². The molecular weight excluding hydrogens is 322 g/mol. The molecule has 0 aliphatic carbocycles. The maximum absolute atomic E-state index is 13.7. The third kappa shape index (κ3) is 2.37. The van der Waals surface area contributed by atoms with Crippen molar-refractivity contribution < 1.29 is 18.3 Å². The van der Waals surface area contributed by atoms with Crippen molar-refractivity contribution >= 4 is 21.9 Å². The van der Waals surface area contributed by atoms with E-state index in [2.05, 4.69) is 25.8 Å². The molecule has 7 heteroatoms. The smallest absolute Gasteiger partial charge is 0.359 e. The van der Waals surface area contributed by atoms with Crippen LogP contribution in [0, 0.1) is 18.6 Å². The van der Waals surface area contributed by atoms with Gasteiger partial charge in [0.1, 0.15) is 11.5 Å². The first-order valence-corrected chi connectivity index (χ1v) is 6.04. The summed E-state index contributed by atoms with van der Waals surface area (Å²) in [6, 6.07) is 3.12. The molecule has 1 aromatic carbocycles. The fourth-order valence-corrected chi connectivity index (χ4v) is 2.01. The Labute approximate surface area is 116 Å². The molecule has 0 atom stereocenters. The second kappa shape index (κ2) is 5.08. The number of aromatic nitrogens is 2. The van der Waals surface area contributed by atoms with Gasteiger partial charge in [-0.1, -0.05) is 0 Å². The zero-order chi connectivity index (χ0) is 14.2. The molecule has 0 aliphatic rings. The summed E-state index contributed by atoms with van der Waals surface area (Å²) in [5.74, 6) is -2.09. The highest BCUT2D eigenvalue weighted by Gasteiger charge is 2.21. The highest BCUT2D eigenvalue weighted by atomic mass is 79.9. The minimum absolute atomic E-state index is 0.0312. The van der Waals surface area contributed by atoms with Gasteiger partial charge in [0, 0.05) is 6.07 Å². The van der Waals surface area contributed by atoms with Crippen LogP contribution in [0.15, 0.2) is 22.7 Å². The lowest BCUT2D eigenvalue weighted by Gasteiger charge is -2.05. The van der Waals surface area contributed by atoms with Crippen LogP contribution in [0.1, 0.15) is 16.2 Å².